The van der Waals surface area contributed by atoms with Gasteiger partial charge in [-0.3, -0.25) is 0 Å². The molecule has 0 heterocycles. The van der Waals surface area contributed by atoms with Crippen molar-refractivity contribution in [3.63, 3.8) is 0 Å². The van der Waals surface area contributed by atoms with E-state index in [1.165, 1.54) is 0 Å². The second kappa shape index (κ2) is 11.1. The number of rotatable bonds is 7. The average molecular weight is 560 g/mol. The van der Waals surface area contributed by atoms with Crippen molar-refractivity contribution in [1.29, 1.82) is 0 Å². The van der Waals surface area contributed by atoms with E-state index in [0.29, 0.717) is 6.61 Å². The number of amides is 2. The first-order valence-corrected chi connectivity index (χ1v) is 13.4. The predicted octanol–water partition coefficient (Wildman–Crippen LogP) is 6.70. The highest BCUT2D eigenvalue weighted by Gasteiger charge is 2.48. The molecule has 7 nitrogen and oxygen atoms in total. The molecule has 2 aromatic carbocycles. The number of hydrogen-bond donors (Lipinski definition) is 2. The number of benzene rings is 2. The Morgan fingerprint density at radius 1 is 1.08 bits per heavy atom. The molecule has 2 fully saturated rings. The van der Waals surface area contributed by atoms with Crippen molar-refractivity contribution in [2.24, 2.45) is 0 Å². The fraction of sp³-hybridized carbons (Fsp3) is 0.500. The van der Waals surface area contributed by atoms with Crippen LogP contribution < -0.4 is 10.1 Å². The highest BCUT2D eigenvalue weighted by Crippen LogP contribution is 2.47. The first kappa shape index (κ1) is 26.3. The number of nitrogens with zero attached hydrogens (tertiary/aromatic N) is 1. The van der Waals surface area contributed by atoms with Gasteiger partial charge in [0.05, 0.1) is 0 Å². The van der Waals surface area contributed by atoms with Gasteiger partial charge in [0, 0.05) is 28.5 Å². The summed E-state index contributed by atoms with van der Waals surface area (Å²) in [6.07, 6.45) is 2.52. The van der Waals surface area contributed by atoms with Crippen molar-refractivity contribution < 1.29 is 24.2 Å². The van der Waals surface area contributed by atoms with Crippen LogP contribution in [0.4, 0.5) is 9.59 Å². The van der Waals surface area contributed by atoms with Crippen molar-refractivity contribution in [2.75, 3.05) is 0 Å². The molecule has 8 heteroatoms. The monoisotopic (exact) mass is 558 g/mol. The predicted molar refractivity (Wildman–Crippen MR) is 141 cm³/mol. The highest BCUT2D eigenvalue weighted by molar-refractivity contribution is 9.10. The van der Waals surface area contributed by atoms with E-state index in [2.05, 4.69) is 21.2 Å². The van der Waals surface area contributed by atoms with E-state index < -0.39 is 17.8 Å². The summed E-state index contributed by atoms with van der Waals surface area (Å²) in [7, 11) is 0. The van der Waals surface area contributed by atoms with Crippen LogP contribution in [-0.2, 0) is 11.3 Å². The van der Waals surface area contributed by atoms with Gasteiger partial charge in [0.25, 0.3) is 0 Å². The number of carbonyl (C=O) groups excluding carboxylic acids is 1. The van der Waals surface area contributed by atoms with Crippen LogP contribution in [0.5, 0.6) is 5.75 Å². The Morgan fingerprint density at radius 3 is 2.39 bits per heavy atom. The Kier molecular flexibility index (Phi) is 8.13. The number of halogens is 1. The lowest BCUT2D eigenvalue weighted by molar-refractivity contribution is 0.0471. The Morgan fingerprint density at radius 2 is 1.78 bits per heavy atom. The van der Waals surface area contributed by atoms with Crippen molar-refractivity contribution in [3.8, 4) is 5.75 Å². The van der Waals surface area contributed by atoms with E-state index in [9.17, 15) is 14.7 Å². The number of nitrogens with one attached hydrogen (secondary N) is 1. The average Bonchev–Trinajstić information content (AvgIpc) is 3.58. The third kappa shape index (κ3) is 7.15. The van der Waals surface area contributed by atoms with E-state index in [1.807, 2.05) is 69.3 Å². The summed E-state index contributed by atoms with van der Waals surface area (Å²) in [5.41, 5.74) is 1.69. The maximum absolute atomic E-state index is 12.2. The molecule has 2 N–H and O–H groups in total. The summed E-state index contributed by atoms with van der Waals surface area (Å²) < 4.78 is 12.3. The van der Waals surface area contributed by atoms with Gasteiger partial charge in [-0.05, 0) is 88.3 Å². The van der Waals surface area contributed by atoms with Crippen LogP contribution >= 0.6 is 15.9 Å². The van der Waals surface area contributed by atoms with Gasteiger partial charge in [0.15, 0.2) is 0 Å². The van der Waals surface area contributed by atoms with Crippen molar-refractivity contribution in [2.45, 2.75) is 89.1 Å². The molecule has 2 atom stereocenters. The molecular formula is C28H35BrN2O5. The summed E-state index contributed by atoms with van der Waals surface area (Å²) in [6, 6.07) is 16.0. The summed E-state index contributed by atoms with van der Waals surface area (Å²) >= 11 is 3.48. The first-order valence-electron chi connectivity index (χ1n) is 12.6. The largest absolute Gasteiger partial charge is 0.489 e. The molecule has 0 spiro atoms. The fourth-order valence-electron chi connectivity index (χ4n) is 4.99. The van der Waals surface area contributed by atoms with Gasteiger partial charge in [0.2, 0.25) is 0 Å². The lowest BCUT2D eigenvalue weighted by atomic mass is 9.90. The van der Waals surface area contributed by atoms with E-state index in [-0.39, 0.29) is 24.0 Å². The van der Waals surface area contributed by atoms with Gasteiger partial charge in [0.1, 0.15) is 18.0 Å². The molecule has 2 amide bonds. The molecule has 194 valence electrons. The van der Waals surface area contributed by atoms with Crippen LogP contribution in [0.15, 0.2) is 53.0 Å². The number of hydrogen-bond acceptors (Lipinski definition) is 4. The third-order valence-corrected chi connectivity index (χ3v) is 7.24. The molecule has 2 unspecified atom stereocenters. The minimum Gasteiger partial charge on any atom is -0.489 e. The normalized spacial score (nSPS) is 23.4. The summed E-state index contributed by atoms with van der Waals surface area (Å²) in [5.74, 6) is 1.000. The fourth-order valence-corrected chi connectivity index (χ4v) is 5.44. The zero-order valence-corrected chi connectivity index (χ0v) is 22.7. The Balaban J connectivity index is 1.28. The lowest BCUT2D eigenvalue weighted by Gasteiger charge is -2.36. The molecule has 2 aromatic rings. The Labute approximate surface area is 221 Å². The minimum absolute atomic E-state index is 0.00342. The van der Waals surface area contributed by atoms with E-state index in [0.717, 1.165) is 53.5 Å². The van der Waals surface area contributed by atoms with Crippen LogP contribution in [0.3, 0.4) is 0 Å². The SMILES string of the molecule is CC(C)(C)OC(=O)NC1CCC(N(C(=O)O)C2CC2c2ccc(OCc3cccc(Br)c3)cc2)CC1. The van der Waals surface area contributed by atoms with Gasteiger partial charge in [-0.2, -0.15) is 0 Å². The maximum Gasteiger partial charge on any atom is 0.407 e. The van der Waals surface area contributed by atoms with Crippen molar-refractivity contribution >= 4 is 28.1 Å². The summed E-state index contributed by atoms with van der Waals surface area (Å²) in [4.78, 5) is 25.9. The molecule has 2 aliphatic rings. The van der Waals surface area contributed by atoms with E-state index in [4.69, 9.17) is 9.47 Å². The molecule has 0 saturated heterocycles. The molecular weight excluding hydrogens is 524 g/mol. The van der Waals surface area contributed by atoms with Crippen LogP contribution in [-0.4, -0.2) is 45.9 Å². The lowest BCUT2D eigenvalue weighted by Crippen LogP contribution is -2.47. The van der Waals surface area contributed by atoms with Gasteiger partial charge >= 0.3 is 12.2 Å². The quantitative estimate of drug-likeness (QED) is 0.394. The molecule has 0 aliphatic heterocycles. The van der Waals surface area contributed by atoms with Crippen LogP contribution in [0.25, 0.3) is 0 Å². The molecule has 2 aliphatic carbocycles. The second-order valence-electron chi connectivity index (χ2n) is 10.7. The van der Waals surface area contributed by atoms with Gasteiger partial charge in [-0.25, -0.2) is 9.59 Å². The summed E-state index contributed by atoms with van der Waals surface area (Å²) in [5, 5.41) is 12.9. The number of carboxylic acid groups (broad SMARTS) is 1. The molecule has 4 rings (SSSR count). The molecule has 0 bridgehead atoms. The first-order chi connectivity index (χ1) is 17.1. The number of alkyl carbamates (subject to hydrolysis) is 1. The number of carbonyl (C=O) groups is 2. The summed E-state index contributed by atoms with van der Waals surface area (Å²) in [6.45, 7) is 6.00. The smallest absolute Gasteiger partial charge is 0.407 e. The zero-order chi connectivity index (χ0) is 25.9. The van der Waals surface area contributed by atoms with Crippen LogP contribution in [0, 0.1) is 0 Å². The van der Waals surface area contributed by atoms with Crippen LogP contribution in [0.1, 0.15) is 69.9 Å². The number of ether oxygens (including phenoxy) is 2. The Hall–Kier alpha value is -2.74. The third-order valence-electron chi connectivity index (χ3n) is 6.75. The van der Waals surface area contributed by atoms with Crippen molar-refractivity contribution in [1.82, 2.24) is 10.2 Å². The second-order valence-corrected chi connectivity index (χ2v) is 11.7. The highest BCUT2D eigenvalue weighted by atomic mass is 79.9. The van der Waals surface area contributed by atoms with Crippen molar-refractivity contribution in [3.05, 3.63) is 64.1 Å². The topological polar surface area (TPSA) is 88.1 Å². The zero-order valence-electron chi connectivity index (χ0n) is 21.1. The molecule has 0 aromatic heterocycles. The minimum atomic E-state index is -0.861. The Bertz CT molecular complexity index is 1060. The van der Waals surface area contributed by atoms with E-state index >= 15 is 0 Å². The maximum atomic E-state index is 12.2. The van der Waals surface area contributed by atoms with Gasteiger partial charge < -0.3 is 24.8 Å². The molecule has 2 saturated carbocycles. The van der Waals surface area contributed by atoms with Gasteiger partial charge in [-0.15, -0.1) is 0 Å². The molecule has 0 radical (unpaired) electrons. The van der Waals surface area contributed by atoms with Gasteiger partial charge in [-0.1, -0.05) is 40.2 Å². The van der Waals surface area contributed by atoms with Crippen LogP contribution in [0.2, 0.25) is 0 Å². The standard InChI is InChI=1S/C28H35BrN2O5/c1-28(2,3)36-26(32)30-21-9-11-22(12-10-21)31(27(33)34)25-16-24(25)19-7-13-23(14-8-19)35-17-18-5-4-6-20(29)15-18/h4-8,13-15,21-22,24-25H,9-12,16-17H2,1-3H3,(H,30,32)(H,33,34). The van der Waals surface area contributed by atoms with E-state index in [1.54, 1.807) is 4.90 Å². The molecule has 36 heavy (non-hydrogen) atoms.